The van der Waals surface area contributed by atoms with Crippen LogP contribution in [0.5, 0.6) is 0 Å². The highest BCUT2D eigenvalue weighted by atomic mass is 31.2. The van der Waals surface area contributed by atoms with Crippen molar-refractivity contribution in [3.05, 3.63) is 0 Å². The first-order chi connectivity index (χ1) is 39.1. The van der Waals surface area contributed by atoms with Crippen LogP contribution in [0.4, 0.5) is 0 Å². The number of ether oxygens (including phenoxy) is 4. The van der Waals surface area contributed by atoms with Crippen LogP contribution in [-0.4, -0.2) is 96.7 Å². The van der Waals surface area contributed by atoms with Gasteiger partial charge in [-0.1, -0.05) is 248 Å². The molecule has 2 unspecified atom stereocenters. The first-order valence-corrected chi connectivity index (χ1v) is 35.7. The normalized spacial score (nSPS) is 14.5. The van der Waals surface area contributed by atoms with Crippen LogP contribution in [0.15, 0.2) is 0 Å². The Bertz CT molecular complexity index is 1530. The van der Waals surface area contributed by atoms with Gasteiger partial charge < -0.3 is 33.8 Å². The molecule has 0 aliphatic heterocycles. The Kier molecular flexibility index (Phi) is 52.0. The molecule has 0 saturated heterocycles. The summed E-state index contributed by atoms with van der Waals surface area (Å²) in [5.74, 6) is 0.700. The number of unbranched alkanes of at least 4 members (excludes halogenated alkanes) is 26. The lowest BCUT2D eigenvalue weighted by atomic mass is 10.0. The second-order valence-electron chi connectivity index (χ2n) is 24.7. The topological polar surface area (TPSA) is 237 Å². The molecule has 0 aromatic carbocycles. The molecule has 19 heteroatoms. The molecule has 82 heavy (non-hydrogen) atoms. The fourth-order valence-electron chi connectivity index (χ4n) is 9.25. The molecule has 0 aromatic heterocycles. The Hall–Kier alpha value is -1.94. The average Bonchev–Trinajstić information content (AvgIpc) is 3.41. The lowest BCUT2D eigenvalue weighted by Crippen LogP contribution is -2.30. The molecule has 0 spiro atoms. The van der Waals surface area contributed by atoms with E-state index < -0.39 is 97.5 Å². The van der Waals surface area contributed by atoms with E-state index in [-0.39, 0.29) is 25.7 Å². The van der Waals surface area contributed by atoms with Crippen LogP contribution in [-0.2, 0) is 65.4 Å². The molecule has 0 amide bonds. The van der Waals surface area contributed by atoms with Gasteiger partial charge >= 0.3 is 39.5 Å². The number of phosphoric ester groups is 2. The fourth-order valence-corrected chi connectivity index (χ4v) is 10.8. The van der Waals surface area contributed by atoms with Crippen LogP contribution in [0, 0.1) is 23.7 Å². The summed E-state index contributed by atoms with van der Waals surface area (Å²) in [6.07, 6.45) is 32.4. The summed E-state index contributed by atoms with van der Waals surface area (Å²) in [7, 11) is -9.89. The van der Waals surface area contributed by atoms with Crippen molar-refractivity contribution < 1.29 is 80.2 Å². The van der Waals surface area contributed by atoms with Crippen molar-refractivity contribution in [3.8, 4) is 0 Å². The molecule has 486 valence electrons. The number of esters is 4. The predicted octanol–water partition coefficient (Wildman–Crippen LogP) is 17.0. The van der Waals surface area contributed by atoms with E-state index in [4.69, 9.17) is 37.0 Å². The van der Waals surface area contributed by atoms with E-state index in [9.17, 15) is 43.2 Å². The summed E-state index contributed by atoms with van der Waals surface area (Å²) in [6, 6.07) is 0. The third-order valence-corrected chi connectivity index (χ3v) is 16.2. The van der Waals surface area contributed by atoms with Crippen molar-refractivity contribution in [2.45, 2.75) is 318 Å². The van der Waals surface area contributed by atoms with Crippen molar-refractivity contribution in [2.75, 3.05) is 39.6 Å². The lowest BCUT2D eigenvalue weighted by molar-refractivity contribution is -0.161. The summed E-state index contributed by atoms with van der Waals surface area (Å²) in [5.41, 5.74) is 0. The van der Waals surface area contributed by atoms with E-state index in [0.717, 1.165) is 102 Å². The third-order valence-electron chi connectivity index (χ3n) is 14.3. The molecular formula is C63H122O17P2. The van der Waals surface area contributed by atoms with Crippen LogP contribution in [0.2, 0.25) is 0 Å². The number of aliphatic hydroxyl groups is 1. The highest BCUT2D eigenvalue weighted by Gasteiger charge is 2.30. The van der Waals surface area contributed by atoms with Gasteiger partial charge in [-0.15, -0.1) is 0 Å². The minimum absolute atomic E-state index is 0.102. The highest BCUT2D eigenvalue weighted by molar-refractivity contribution is 7.47. The SMILES string of the molecule is CC(C)CCCCCCCCCCC(=O)OC[C@H](COP(=O)(O)OCC(O)COP(=O)(O)OC[C@@H](COC(=O)CCCCCCCCCCC(C)C)OC(=O)CCCCCCCCCC(C)C)OC(=O)CCCCCCCCCC(C)C. The van der Waals surface area contributed by atoms with Gasteiger partial charge in [0.15, 0.2) is 12.2 Å². The number of hydrogen-bond donors (Lipinski definition) is 3. The quantitative estimate of drug-likeness (QED) is 0.0222. The Morgan fingerprint density at radius 2 is 0.512 bits per heavy atom. The molecule has 0 aliphatic carbocycles. The molecule has 4 atom stereocenters. The summed E-state index contributed by atoms with van der Waals surface area (Å²) >= 11 is 0. The van der Waals surface area contributed by atoms with Crippen LogP contribution in [0.1, 0.15) is 299 Å². The molecule has 0 rings (SSSR count). The van der Waals surface area contributed by atoms with E-state index in [1.807, 2.05) is 0 Å². The molecule has 0 aromatic rings. The molecule has 0 aliphatic rings. The van der Waals surface area contributed by atoms with Crippen molar-refractivity contribution in [3.63, 3.8) is 0 Å². The van der Waals surface area contributed by atoms with E-state index in [1.165, 1.54) is 103 Å². The van der Waals surface area contributed by atoms with Crippen molar-refractivity contribution in [1.82, 2.24) is 0 Å². The molecule has 0 fully saturated rings. The van der Waals surface area contributed by atoms with Crippen LogP contribution in [0.25, 0.3) is 0 Å². The van der Waals surface area contributed by atoms with Crippen molar-refractivity contribution >= 4 is 39.5 Å². The van der Waals surface area contributed by atoms with Gasteiger partial charge in [0.25, 0.3) is 0 Å². The first-order valence-electron chi connectivity index (χ1n) is 32.7. The van der Waals surface area contributed by atoms with E-state index >= 15 is 0 Å². The molecule has 0 bridgehead atoms. The van der Waals surface area contributed by atoms with Gasteiger partial charge in [0.2, 0.25) is 0 Å². The van der Waals surface area contributed by atoms with E-state index in [1.54, 1.807) is 0 Å². The maximum Gasteiger partial charge on any atom is 0.472 e. The Morgan fingerprint density at radius 1 is 0.305 bits per heavy atom. The smallest absolute Gasteiger partial charge is 0.462 e. The summed E-state index contributed by atoms with van der Waals surface area (Å²) in [5, 5.41) is 10.5. The number of phosphoric acid groups is 2. The van der Waals surface area contributed by atoms with Gasteiger partial charge in [0.1, 0.15) is 19.3 Å². The zero-order valence-corrected chi connectivity index (χ0v) is 54.9. The standard InChI is InChI=1S/C63H122O17P2/c1-53(2)39-31-23-15-9-11-19-27-35-43-60(65)73-49-58(79-62(67)45-37-29-21-13-17-25-33-41-55(5)6)51-77-81(69,70)75-47-57(64)48-76-82(71,72)78-52-59(80-63(68)46-38-30-22-14-18-26-34-42-56(7)8)50-74-61(66)44-36-28-20-12-10-16-24-32-40-54(3)4/h53-59,64H,9-52H2,1-8H3,(H,69,70)(H,71,72)/t58-,59-/m1/s1. The fraction of sp³-hybridized carbons (Fsp3) is 0.937. The molecule has 0 saturated carbocycles. The maximum atomic E-state index is 12.9. The monoisotopic (exact) mass is 1210 g/mol. The van der Waals surface area contributed by atoms with Gasteiger partial charge in [-0.3, -0.25) is 37.3 Å². The minimum atomic E-state index is -4.94. The predicted molar refractivity (Wildman–Crippen MR) is 326 cm³/mol. The number of hydrogen-bond acceptors (Lipinski definition) is 15. The number of rotatable bonds is 60. The Morgan fingerprint density at radius 3 is 0.756 bits per heavy atom. The highest BCUT2D eigenvalue weighted by Crippen LogP contribution is 2.45. The van der Waals surface area contributed by atoms with E-state index in [2.05, 4.69) is 55.4 Å². The maximum absolute atomic E-state index is 12.9. The van der Waals surface area contributed by atoms with Crippen molar-refractivity contribution in [2.24, 2.45) is 23.7 Å². The molecule has 17 nitrogen and oxygen atoms in total. The lowest BCUT2D eigenvalue weighted by Gasteiger charge is -2.21. The second-order valence-corrected chi connectivity index (χ2v) is 27.6. The zero-order chi connectivity index (χ0) is 61.1. The number of aliphatic hydroxyl groups excluding tert-OH is 1. The second kappa shape index (κ2) is 53.3. The van der Waals surface area contributed by atoms with Crippen LogP contribution < -0.4 is 0 Å². The molecule has 3 N–H and O–H groups in total. The first kappa shape index (κ1) is 80.1. The largest absolute Gasteiger partial charge is 0.472 e. The van der Waals surface area contributed by atoms with Crippen molar-refractivity contribution in [1.29, 1.82) is 0 Å². The average molecular weight is 1210 g/mol. The molecule has 0 radical (unpaired) electrons. The van der Waals surface area contributed by atoms with Gasteiger partial charge in [-0.05, 0) is 49.4 Å². The Labute approximate surface area is 498 Å². The number of carbonyl (C=O) groups is 4. The van der Waals surface area contributed by atoms with Crippen LogP contribution >= 0.6 is 15.6 Å². The molecular weight excluding hydrogens is 1090 g/mol. The Balaban J connectivity index is 5.25. The molecule has 0 heterocycles. The van der Waals surface area contributed by atoms with Gasteiger partial charge in [-0.25, -0.2) is 9.13 Å². The summed E-state index contributed by atoms with van der Waals surface area (Å²) in [4.78, 5) is 72.1. The van der Waals surface area contributed by atoms with Gasteiger partial charge in [0.05, 0.1) is 26.4 Å². The van der Waals surface area contributed by atoms with E-state index in [0.29, 0.717) is 37.5 Å². The third kappa shape index (κ3) is 57.2. The minimum Gasteiger partial charge on any atom is -0.462 e. The summed E-state index contributed by atoms with van der Waals surface area (Å²) < 4.78 is 67.9. The van der Waals surface area contributed by atoms with Gasteiger partial charge in [-0.2, -0.15) is 0 Å². The summed E-state index contributed by atoms with van der Waals surface area (Å²) in [6.45, 7) is 13.9. The van der Waals surface area contributed by atoms with Crippen LogP contribution in [0.3, 0.4) is 0 Å². The number of carbonyl (C=O) groups excluding carboxylic acids is 4. The van der Waals surface area contributed by atoms with Gasteiger partial charge in [0, 0.05) is 25.7 Å². The zero-order valence-electron chi connectivity index (χ0n) is 53.1.